The van der Waals surface area contributed by atoms with Gasteiger partial charge in [-0.2, -0.15) is 0 Å². The van der Waals surface area contributed by atoms with Crippen LogP contribution in [0.4, 0.5) is 14.5 Å². The molecule has 1 aromatic carbocycles. The SMILES string of the molecule is Fc1ccc(F)c(NC2=NCCC2)c1. The number of nitrogens with one attached hydrogen (secondary N) is 1. The third-order valence-corrected chi connectivity index (χ3v) is 2.08. The normalized spacial score (nSPS) is 15.4. The molecule has 0 unspecified atom stereocenters. The molecule has 1 N–H and O–H groups in total. The van der Waals surface area contributed by atoms with Crippen molar-refractivity contribution in [1.82, 2.24) is 0 Å². The lowest BCUT2D eigenvalue weighted by Gasteiger charge is -2.06. The molecule has 1 aromatic rings. The molecule has 14 heavy (non-hydrogen) atoms. The van der Waals surface area contributed by atoms with Crippen LogP contribution in [0.15, 0.2) is 23.2 Å². The quantitative estimate of drug-likeness (QED) is 0.733. The Kier molecular flexibility index (Phi) is 2.43. The second-order valence-corrected chi connectivity index (χ2v) is 3.18. The average molecular weight is 196 g/mol. The Balaban J connectivity index is 2.19. The Labute approximate surface area is 80.7 Å². The molecule has 0 bridgehead atoms. The van der Waals surface area contributed by atoms with Gasteiger partial charge in [-0.1, -0.05) is 0 Å². The predicted molar refractivity (Wildman–Crippen MR) is 51.5 cm³/mol. The first-order chi connectivity index (χ1) is 6.75. The molecule has 0 saturated heterocycles. The van der Waals surface area contributed by atoms with E-state index in [1.54, 1.807) is 0 Å². The maximum Gasteiger partial charge on any atom is 0.146 e. The van der Waals surface area contributed by atoms with E-state index in [1.807, 2.05) is 0 Å². The molecule has 0 aromatic heterocycles. The number of halogens is 2. The van der Waals surface area contributed by atoms with Crippen molar-refractivity contribution in [3.05, 3.63) is 29.8 Å². The van der Waals surface area contributed by atoms with Crippen molar-refractivity contribution in [2.75, 3.05) is 11.9 Å². The molecule has 0 atom stereocenters. The van der Waals surface area contributed by atoms with Crippen LogP contribution in [0, 0.1) is 11.6 Å². The summed E-state index contributed by atoms with van der Waals surface area (Å²) in [7, 11) is 0. The predicted octanol–water partition coefficient (Wildman–Crippen LogP) is 2.57. The molecule has 2 rings (SSSR count). The standard InChI is InChI=1S/C10H10F2N2/c11-7-3-4-8(12)9(6-7)14-10-2-1-5-13-10/h3-4,6H,1-2,5H2,(H,13,14). The summed E-state index contributed by atoms with van der Waals surface area (Å²) in [6.45, 7) is 0.763. The monoisotopic (exact) mass is 196 g/mol. The summed E-state index contributed by atoms with van der Waals surface area (Å²) in [6.07, 6.45) is 1.77. The van der Waals surface area contributed by atoms with Crippen molar-refractivity contribution in [3.8, 4) is 0 Å². The van der Waals surface area contributed by atoms with E-state index in [1.165, 1.54) is 0 Å². The Hall–Kier alpha value is -1.45. The van der Waals surface area contributed by atoms with Crippen molar-refractivity contribution in [2.24, 2.45) is 4.99 Å². The van der Waals surface area contributed by atoms with Gasteiger partial charge in [-0.25, -0.2) is 8.78 Å². The van der Waals surface area contributed by atoms with Gasteiger partial charge in [0.05, 0.1) is 5.69 Å². The van der Waals surface area contributed by atoms with Gasteiger partial charge in [0.15, 0.2) is 0 Å². The van der Waals surface area contributed by atoms with Crippen LogP contribution in [0.1, 0.15) is 12.8 Å². The van der Waals surface area contributed by atoms with Crippen LogP contribution in [-0.4, -0.2) is 12.4 Å². The molecule has 0 radical (unpaired) electrons. The second-order valence-electron chi connectivity index (χ2n) is 3.18. The van der Waals surface area contributed by atoms with E-state index in [0.29, 0.717) is 0 Å². The van der Waals surface area contributed by atoms with E-state index in [4.69, 9.17) is 0 Å². The van der Waals surface area contributed by atoms with E-state index < -0.39 is 11.6 Å². The van der Waals surface area contributed by atoms with Crippen molar-refractivity contribution in [2.45, 2.75) is 12.8 Å². The van der Waals surface area contributed by atoms with Crippen LogP contribution in [0.25, 0.3) is 0 Å². The lowest BCUT2D eigenvalue weighted by atomic mass is 10.2. The topological polar surface area (TPSA) is 24.4 Å². The zero-order valence-electron chi connectivity index (χ0n) is 7.56. The summed E-state index contributed by atoms with van der Waals surface area (Å²) in [6, 6.07) is 3.33. The number of hydrogen-bond donors (Lipinski definition) is 1. The third-order valence-electron chi connectivity index (χ3n) is 2.08. The first-order valence-electron chi connectivity index (χ1n) is 4.51. The number of amidine groups is 1. The summed E-state index contributed by atoms with van der Waals surface area (Å²) >= 11 is 0. The van der Waals surface area contributed by atoms with Crippen molar-refractivity contribution in [1.29, 1.82) is 0 Å². The summed E-state index contributed by atoms with van der Waals surface area (Å²) in [5, 5.41) is 2.78. The van der Waals surface area contributed by atoms with E-state index >= 15 is 0 Å². The zero-order chi connectivity index (χ0) is 9.97. The van der Waals surface area contributed by atoms with Gasteiger partial charge in [0.2, 0.25) is 0 Å². The molecular formula is C10H10F2N2. The Morgan fingerprint density at radius 3 is 2.86 bits per heavy atom. The minimum absolute atomic E-state index is 0.158. The molecule has 1 heterocycles. The van der Waals surface area contributed by atoms with Gasteiger partial charge in [0.25, 0.3) is 0 Å². The van der Waals surface area contributed by atoms with Crippen molar-refractivity contribution < 1.29 is 8.78 Å². The maximum absolute atomic E-state index is 13.1. The van der Waals surface area contributed by atoms with Crippen LogP contribution in [-0.2, 0) is 0 Å². The molecule has 1 aliphatic heterocycles. The molecule has 0 spiro atoms. The molecule has 2 nitrogen and oxygen atoms in total. The van der Waals surface area contributed by atoms with Crippen LogP contribution in [0.2, 0.25) is 0 Å². The van der Waals surface area contributed by atoms with Crippen LogP contribution in [0.5, 0.6) is 0 Å². The van der Waals surface area contributed by atoms with Gasteiger partial charge in [-0.3, -0.25) is 4.99 Å². The molecule has 0 saturated carbocycles. The fourth-order valence-electron chi connectivity index (χ4n) is 1.39. The van der Waals surface area contributed by atoms with E-state index in [0.717, 1.165) is 43.4 Å². The Morgan fingerprint density at radius 2 is 2.14 bits per heavy atom. The summed E-state index contributed by atoms with van der Waals surface area (Å²) in [5.41, 5.74) is 0.158. The fraction of sp³-hybridized carbons (Fsp3) is 0.300. The van der Waals surface area contributed by atoms with Crippen molar-refractivity contribution >= 4 is 11.5 Å². The maximum atomic E-state index is 13.1. The van der Waals surface area contributed by atoms with Gasteiger partial charge in [-0.05, 0) is 18.6 Å². The lowest BCUT2D eigenvalue weighted by molar-refractivity contribution is 0.604. The largest absolute Gasteiger partial charge is 0.342 e. The highest BCUT2D eigenvalue weighted by molar-refractivity contribution is 5.96. The first-order valence-corrected chi connectivity index (χ1v) is 4.51. The fourth-order valence-corrected chi connectivity index (χ4v) is 1.39. The summed E-state index contributed by atoms with van der Waals surface area (Å²) < 4.78 is 25.9. The molecule has 0 amide bonds. The van der Waals surface area contributed by atoms with Crippen LogP contribution < -0.4 is 5.32 Å². The highest BCUT2D eigenvalue weighted by Crippen LogP contribution is 2.17. The van der Waals surface area contributed by atoms with E-state index in [2.05, 4.69) is 10.3 Å². The number of anilines is 1. The summed E-state index contributed by atoms with van der Waals surface area (Å²) in [4.78, 5) is 4.12. The first kappa shape index (κ1) is 9.12. The third kappa shape index (κ3) is 1.89. The summed E-state index contributed by atoms with van der Waals surface area (Å²) in [5.74, 6) is -0.178. The van der Waals surface area contributed by atoms with Gasteiger partial charge in [0.1, 0.15) is 17.5 Å². The lowest BCUT2D eigenvalue weighted by Crippen LogP contribution is -2.09. The zero-order valence-corrected chi connectivity index (χ0v) is 7.56. The molecule has 0 aliphatic carbocycles. The highest BCUT2D eigenvalue weighted by atomic mass is 19.1. The number of benzene rings is 1. The second kappa shape index (κ2) is 3.74. The minimum Gasteiger partial charge on any atom is -0.342 e. The minimum atomic E-state index is -0.457. The highest BCUT2D eigenvalue weighted by Gasteiger charge is 2.09. The average Bonchev–Trinajstić information content (AvgIpc) is 2.64. The number of hydrogen-bond acceptors (Lipinski definition) is 2. The number of nitrogens with zero attached hydrogens (tertiary/aromatic N) is 1. The van der Waals surface area contributed by atoms with E-state index in [9.17, 15) is 8.78 Å². The van der Waals surface area contributed by atoms with Crippen LogP contribution in [0.3, 0.4) is 0 Å². The smallest absolute Gasteiger partial charge is 0.146 e. The molecule has 74 valence electrons. The van der Waals surface area contributed by atoms with Gasteiger partial charge in [-0.15, -0.1) is 0 Å². The molecule has 0 fully saturated rings. The number of rotatable bonds is 1. The number of aliphatic imine (C=N–C) groups is 1. The Bertz CT molecular complexity index is 374. The van der Waals surface area contributed by atoms with Gasteiger partial charge < -0.3 is 5.32 Å². The van der Waals surface area contributed by atoms with Gasteiger partial charge in [0, 0.05) is 19.0 Å². The van der Waals surface area contributed by atoms with Crippen LogP contribution >= 0.6 is 0 Å². The molecule has 1 aliphatic rings. The Morgan fingerprint density at radius 1 is 1.29 bits per heavy atom. The molecular weight excluding hydrogens is 186 g/mol. The molecule has 4 heteroatoms. The van der Waals surface area contributed by atoms with E-state index in [-0.39, 0.29) is 5.69 Å². The van der Waals surface area contributed by atoms with Crippen molar-refractivity contribution in [3.63, 3.8) is 0 Å². The van der Waals surface area contributed by atoms with Gasteiger partial charge >= 0.3 is 0 Å².